The molecule has 2 aliphatic rings. The minimum atomic E-state index is 0.0950. The summed E-state index contributed by atoms with van der Waals surface area (Å²) in [5.41, 5.74) is 0.889. The number of amides is 1. The number of likely N-dealkylation sites (tertiary alicyclic amines) is 1. The van der Waals surface area contributed by atoms with Crippen molar-refractivity contribution in [3.63, 3.8) is 0 Å². The number of anilines is 1. The van der Waals surface area contributed by atoms with Crippen molar-refractivity contribution in [1.82, 2.24) is 4.90 Å². The van der Waals surface area contributed by atoms with E-state index in [1.165, 1.54) is 12.8 Å². The number of nitrogens with one attached hydrogen (secondary N) is 1. The predicted molar refractivity (Wildman–Crippen MR) is 87.8 cm³/mol. The zero-order valence-electron chi connectivity index (χ0n) is 13.2. The van der Waals surface area contributed by atoms with Gasteiger partial charge in [-0.2, -0.15) is 0 Å². The normalized spacial score (nSPS) is 26.5. The van der Waals surface area contributed by atoms with E-state index >= 15 is 0 Å². The number of hydrogen-bond acceptors (Lipinski definition) is 3. The van der Waals surface area contributed by atoms with Crippen molar-refractivity contribution in [2.45, 2.75) is 38.2 Å². The molecule has 0 spiro atoms. The third-order valence-electron chi connectivity index (χ3n) is 4.65. The van der Waals surface area contributed by atoms with Crippen molar-refractivity contribution < 1.29 is 9.53 Å². The molecule has 1 aromatic carbocycles. The van der Waals surface area contributed by atoms with E-state index in [0.29, 0.717) is 6.10 Å². The molecule has 22 heavy (non-hydrogen) atoms. The van der Waals surface area contributed by atoms with Gasteiger partial charge in [-0.25, -0.2) is 0 Å². The van der Waals surface area contributed by atoms with Crippen LogP contribution in [0.5, 0.6) is 0 Å². The molecule has 4 heteroatoms. The highest BCUT2D eigenvalue weighted by Gasteiger charge is 2.27. The first-order valence-corrected chi connectivity index (χ1v) is 8.51. The van der Waals surface area contributed by atoms with Crippen LogP contribution in [0.15, 0.2) is 30.3 Å². The van der Waals surface area contributed by atoms with E-state index in [1.54, 1.807) is 0 Å². The molecule has 2 aliphatic heterocycles. The molecule has 2 heterocycles. The lowest BCUT2D eigenvalue weighted by molar-refractivity contribution is -0.122. The van der Waals surface area contributed by atoms with E-state index < -0.39 is 0 Å². The fourth-order valence-corrected chi connectivity index (χ4v) is 3.44. The van der Waals surface area contributed by atoms with E-state index in [-0.39, 0.29) is 11.8 Å². The third-order valence-corrected chi connectivity index (χ3v) is 4.65. The van der Waals surface area contributed by atoms with Crippen molar-refractivity contribution in [3.8, 4) is 0 Å². The van der Waals surface area contributed by atoms with Crippen molar-refractivity contribution in [2.75, 3.05) is 31.6 Å². The van der Waals surface area contributed by atoms with Gasteiger partial charge in [0.05, 0.1) is 12.0 Å². The Labute approximate surface area is 132 Å². The van der Waals surface area contributed by atoms with Gasteiger partial charge in [0, 0.05) is 25.4 Å². The van der Waals surface area contributed by atoms with Gasteiger partial charge in [-0.1, -0.05) is 18.2 Å². The first-order chi connectivity index (χ1) is 10.8. The minimum absolute atomic E-state index is 0.0950. The summed E-state index contributed by atoms with van der Waals surface area (Å²) in [6, 6.07) is 9.73. The SMILES string of the molecule is O=C(Nc1ccccc1)[C@H]1CCCN(C[C@@H]2CCCCO2)C1. The minimum Gasteiger partial charge on any atom is -0.377 e. The highest BCUT2D eigenvalue weighted by molar-refractivity contribution is 5.92. The van der Waals surface area contributed by atoms with Gasteiger partial charge in [-0.3, -0.25) is 9.69 Å². The molecule has 2 atom stereocenters. The van der Waals surface area contributed by atoms with Crippen LogP contribution in [0.2, 0.25) is 0 Å². The van der Waals surface area contributed by atoms with Gasteiger partial charge in [-0.15, -0.1) is 0 Å². The Bertz CT molecular complexity index is 471. The number of carbonyl (C=O) groups excluding carboxylic acids is 1. The molecule has 0 radical (unpaired) electrons. The van der Waals surface area contributed by atoms with E-state index in [4.69, 9.17) is 4.74 Å². The summed E-state index contributed by atoms with van der Waals surface area (Å²) in [6.07, 6.45) is 6.08. The van der Waals surface area contributed by atoms with Crippen LogP contribution in [0.4, 0.5) is 5.69 Å². The molecule has 0 unspecified atom stereocenters. The monoisotopic (exact) mass is 302 g/mol. The summed E-state index contributed by atoms with van der Waals surface area (Å²) in [5, 5.41) is 3.04. The lowest BCUT2D eigenvalue weighted by atomic mass is 9.96. The highest BCUT2D eigenvalue weighted by Crippen LogP contribution is 2.21. The molecule has 120 valence electrons. The van der Waals surface area contributed by atoms with Crippen LogP contribution in [0.3, 0.4) is 0 Å². The van der Waals surface area contributed by atoms with Gasteiger partial charge in [0.15, 0.2) is 0 Å². The standard InChI is InChI=1S/C18H26N2O2/c21-18(19-16-8-2-1-3-9-16)15-7-6-11-20(13-15)14-17-10-4-5-12-22-17/h1-3,8-9,15,17H,4-7,10-14H2,(H,19,21)/t15-,17-/m0/s1. The summed E-state index contributed by atoms with van der Waals surface area (Å²) < 4.78 is 5.83. The number of carbonyl (C=O) groups is 1. The summed E-state index contributed by atoms with van der Waals surface area (Å²) in [6.45, 7) is 3.83. The van der Waals surface area contributed by atoms with E-state index in [2.05, 4.69) is 10.2 Å². The molecule has 0 aliphatic carbocycles. The van der Waals surface area contributed by atoms with Crippen LogP contribution in [0.1, 0.15) is 32.1 Å². The van der Waals surface area contributed by atoms with Crippen molar-refractivity contribution >= 4 is 11.6 Å². The molecule has 3 rings (SSSR count). The summed E-state index contributed by atoms with van der Waals surface area (Å²) >= 11 is 0. The Hall–Kier alpha value is -1.39. The Balaban J connectivity index is 1.50. The number of rotatable bonds is 4. The number of hydrogen-bond donors (Lipinski definition) is 1. The molecular weight excluding hydrogens is 276 g/mol. The second-order valence-electron chi connectivity index (χ2n) is 6.44. The summed E-state index contributed by atoms with van der Waals surface area (Å²) in [4.78, 5) is 14.8. The first-order valence-electron chi connectivity index (χ1n) is 8.51. The Morgan fingerprint density at radius 2 is 2.05 bits per heavy atom. The van der Waals surface area contributed by atoms with Gasteiger partial charge in [0.2, 0.25) is 5.91 Å². The van der Waals surface area contributed by atoms with Crippen LogP contribution in [-0.4, -0.2) is 43.2 Å². The zero-order valence-corrected chi connectivity index (χ0v) is 13.2. The zero-order chi connectivity index (χ0) is 15.2. The smallest absolute Gasteiger partial charge is 0.228 e. The molecule has 0 aromatic heterocycles. The summed E-state index contributed by atoms with van der Waals surface area (Å²) in [7, 11) is 0. The number of nitrogens with zero attached hydrogens (tertiary/aromatic N) is 1. The second kappa shape index (κ2) is 7.75. The van der Waals surface area contributed by atoms with Crippen LogP contribution in [0.25, 0.3) is 0 Å². The predicted octanol–water partition coefficient (Wildman–Crippen LogP) is 2.91. The van der Waals surface area contributed by atoms with E-state index in [1.807, 2.05) is 30.3 Å². The fourth-order valence-electron chi connectivity index (χ4n) is 3.44. The van der Waals surface area contributed by atoms with Crippen LogP contribution >= 0.6 is 0 Å². The quantitative estimate of drug-likeness (QED) is 0.930. The number of benzene rings is 1. The second-order valence-corrected chi connectivity index (χ2v) is 6.44. The molecule has 4 nitrogen and oxygen atoms in total. The Kier molecular flexibility index (Phi) is 5.46. The molecule has 2 fully saturated rings. The molecule has 1 N–H and O–H groups in total. The maximum Gasteiger partial charge on any atom is 0.228 e. The largest absolute Gasteiger partial charge is 0.377 e. The van der Waals surface area contributed by atoms with Crippen LogP contribution in [0, 0.1) is 5.92 Å². The average Bonchev–Trinajstić information content (AvgIpc) is 2.57. The highest BCUT2D eigenvalue weighted by atomic mass is 16.5. The van der Waals surface area contributed by atoms with Crippen molar-refractivity contribution in [1.29, 1.82) is 0 Å². The van der Waals surface area contributed by atoms with Crippen molar-refractivity contribution in [3.05, 3.63) is 30.3 Å². The van der Waals surface area contributed by atoms with Gasteiger partial charge in [0.25, 0.3) is 0 Å². The number of para-hydroxylation sites is 1. The lowest BCUT2D eigenvalue weighted by Gasteiger charge is -2.35. The maximum absolute atomic E-state index is 12.4. The molecule has 1 aromatic rings. The molecule has 2 saturated heterocycles. The van der Waals surface area contributed by atoms with Crippen molar-refractivity contribution in [2.24, 2.45) is 5.92 Å². The van der Waals surface area contributed by atoms with Crippen LogP contribution in [-0.2, 0) is 9.53 Å². The van der Waals surface area contributed by atoms with Gasteiger partial charge in [-0.05, 0) is 50.8 Å². The van der Waals surface area contributed by atoms with Gasteiger partial charge >= 0.3 is 0 Å². The van der Waals surface area contributed by atoms with Gasteiger partial charge < -0.3 is 10.1 Å². The van der Waals surface area contributed by atoms with Crippen LogP contribution < -0.4 is 5.32 Å². The molecule has 1 amide bonds. The lowest BCUT2D eigenvalue weighted by Crippen LogP contribution is -2.44. The molecular formula is C18H26N2O2. The fraction of sp³-hybridized carbons (Fsp3) is 0.611. The van der Waals surface area contributed by atoms with E-state index in [0.717, 1.165) is 51.2 Å². The Morgan fingerprint density at radius 3 is 2.82 bits per heavy atom. The molecule has 0 bridgehead atoms. The summed E-state index contributed by atoms with van der Waals surface area (Å²) in [5.74, 6) is 0.248. The molecule has 0 saturated carbocycles. The topological polar surface area (TPSA) is 41.6 Å². The third kappa shape index (κ3) is 4.31. The maximum atomic E-state index is 12.4. The Morgan fingerprint density at radius 1 is 1.18 bits per heavy atom. The van der Waals surface area contributed by atoms with E-state index in [9.17, 15) is 4.79 Å². The van der Waals surface area contributed by atoms with Gasteiger partial charge in [0.1, 0.15) is 0 Å². The average molecular weight is 302 g/mol. The first kappa shape index (κ1) is 15.5. The number of piperidine rings is 1. The number of ether oxygens (including phenoxy) is 1.